The molecular formula is C5H11O2P. The van der Waals surface area contributed by atoms with Crippen molar-refractivity contribution < 1.29 is 9.69 Å². The molecule has 0 aromatic heterocycles. The largest absolute Gasteiger partial charge is 0.374 e. The number of ketones is 1. The van der Waals surface area contributed by atoms with Crippen molar-refractivity contribution in [2.75, 3.05) is 12.8 Å². The van der Waals surface area contributed by atoms with Gasteiger partial charge in [0.15, 0.2) is 0 Å². The Hall–Kier alpha value is 0.0600. The van der Waals surface area contributed by atoms with Crippen LogP contribution in [0, 0.1) is 0 Å². The normalized spacial score (nSPS) is 13.4. The van der Waals surface area contributed by atoms with Gasteiger partial charge >= 0.3 is 0 Å². The summed E-state index contributed by atoms with van der Waals surface area (Å²) in [5, 5.41) is 0. The van der Waals surface area contributed by atoms with Crippen LogP contribution in [0.2, 0.25) is 0 Å². The molecule has 0 amide bonds. The summed E-state index contributed by atoms with van der Waals surface area (Å²) in [7, 11) is -0.854. The molecule has 3 heteroatoms. The third-order valence-electron chi connectivity index (χ3n) is 0.787. The first-order valence-electron chi connectivity index (χ1n) is 2.52. The Balaban J connectivity index is 3.05. The average Bonchev–Trinajstić information content (AvgIpc) is 1.61. The molecule has 2 nitrogen and oxygen atoms in total. The Labute approximate surface area is 50.7 Å². The van der Waals surface area contributed by atoms with Crippen LogP contribution < -0.4 is 0 Å². The van der Waals surface area contributed by atoms with Crippen molar-refractivity contribution in [2.45, 2.75) is 13.3 Å². The maximum atomic E-state index is 10.2. The molecule has 48 valence electrons. The molecule has 0 bridgehead atoms. The molecule has 0 saturated heterocycles. The average molecular weight is 134 g/mol. The van der Waals surface area contributed by atoms with Crippen LogP contribution in [-0.4, -0.2) is 23.5 Å². The van der Waals surface area contributed by atoms with Crippen molar-refractivity contribution in [3.8, 4) is 0 Å². The Morgan fingerprint density at radius 2 is 2.25 bits per heavy atom. The molecular weight excluding hydrogens is 123 g/mol. The fourth-order valence-corrected chi connectivity index (χ4v) is 0.958. The molecule has 8 heavy (non-hydrogen) atoms. The van der Waals surface area contributed by atoms with E-state index < -0.39 is 8.15 Å². The van der Waals surface area contributed by atoms with Gasteiger partial charge in [0, 0.05) is 14.6 Å². The fraction of sp³-hybridized carbons (Fsp3) is 0.800. The van der Waals surface area contributed by atoms with Gasteiger partial charge in [0.1, 0.15) is 5.78 Å². The molecule has 0 spiro atoms. The van der Waals surface area contributed by atoms with Crippen LogP contribution in [0.5, 0.6) is 0 Å². The van der Waals surface area contributed by atoms with Crippen molar-refractivity contribution in [3.05, 3.63) is 0 Å². The zero-order chi connectivity index (χ0) is 6.57. The van der Waals surface area contributed by atoms with E-state index in [2.05, 4.69) is 0 Å². The van der Waals surface area contributed by atoms with Crippen LogP contribution >= 0.6 is 8.15 Å². The van der Waals surface area contributed by atoms with E-state index in [1.54, 1.807) is 13.6 Å². The summed E-state index contributed by atoms with van der Waals surface area (Å²) in [5.41, 5.74) is 0. The van der Waals surface area contributed by atoms with E-state index in [9.17, 15) is 4.79 Å². The Morgan fingerprint density at radius 1 is 1.75 bits per heavy atom. The van der Waals surface area contributed by atoms with E-state index in [1.807, 2.05) is 0 Å². The van der Waals surface area contributed by atoms with Crippen LogP contribution in [0.3, 0.4) is 0 Å². The predicted molar refractivity (Wildman–Crippen MR) is 35.2 cm³/mol. The van der Waals surface area contributed by atoms with Crippen molar-refractivity contribution >= 4 is 13.9 Å². The molecule has 1 atom stereocenters. The van der Waals surface area contributed by atoms with Crippen LogP contribution in [0.25, 0.3) is 0 Å². The van der Waals surface area contributed by atoms with Gasteiger partial charge in [0.25, 0.3) is 0 Å². The molecule has 0 aliphatic heterocycles. The van der Waals surface area contributed by atoms with E-state index >= 15 is 0 Å². The third-order valence-corrected chi connectivity index (χ3v) is 1.66. The molecule has 0 rings (SSSR count). The summed E-state index contributed by atoms with van der Waals surface area (Å²) in [6, 6.07) is 0. The van der Waals surface area contributed by atoms with E-state index in [4.69, 9.17) is 4.89 Å². The highest BCUT2D eigenvalue weighted by Crippen LogP contribution is 2.23. The smallest absolute Gasteiger partial charge is 0.130 e. The van der Waals surface area contributed by atoms with Crippen LogP contribution in [0.1, 0.15) is 13.3 Å². The number of hydrogen-bond donors (Lipinski definition) is 1. The predicted octanol–water partition coefficient (Wildman–Crippen LogP) is 0.984. The molecule has 0 aromatic rings. The van der Waals surface area contributed by atoms with Gasteiger partial charge in [-0.1, -0.05) is 0 Å². The van der Waals surface area contributed by atoms with Gasteiger partial charge in [0.2, 0.25) is 0 Å². The second-order valence-corrected chi connectivity index (χ2v) is 3.60. The van der Waals surface area contributed by atoms with Gasteiger partial charge in [-0.25, -0.2) is 0 Å². The quantitative estimate of drug-likeness (QED) is 0.584. The minimum Gasteiger partial charge on any atom is -0.374 e. The summed E-state index contributed by atoms with van der Waals surface area (Å²) < 4.78 is 0. The number of Topliss-reactive ketones (excluding diaryl/α,β-unsaturated/α-hetero) is 1. The SMILES string of the molecule is CC(=O)CCP(C)O. The maximum Gasteiger partial charge on any atom is 0.130 e. The summed E-state index contributed by atoms with van der Waals surface area (Å²) in [4.78, 5) is 19.0. The summed E-state index contributed by atoms with van der Waals surface area (Å²) in [6.45, 7) is 3.29. The monoisotopic (exact) mass is 134 g/mol. The summed E-state index contributed by atoms with van der Waals surface area (Å²) in [6.07, 6.45) is 1.18. The Bertz CT molecular complexity index is 80.5. The first kappa shape index (κ1) is 8.06. The topological polar surface area (TPSA) is 37.3 Å². The molecule has 0 aromatic carbocycles. The van der Waals surface area contributed by atoms with Crippen molar-refractivity contribution in [1.29, 1.82) is 0 Å². The van der Waals surface area contributed by atoms with Crippen molar-refractivity contribution in [3.63, 3.8) is 0 Å². The molecule has 0 saturated carbocycles. The van der Waals surface area contributed by atoms with Gasteiger partial charge in [-0.3, -0.25) is 0 Å². The second-order valence-electron chi connectivity index (χ2n) is 1.83. The lowest BCUT2D eigenvalue weighted by Gasteiger charge is -1.98. The number of carbonyl (C=O) groups is 1. The lowest BCUT2D eigenvalue weighted by atomic mass is 10.4. The molecule has 1 N–H and O–H groups in total. The zero-order valence-electron chi connectivity index (χ0n) is 5.22. The molecule has 1 unspecified atom stereocenters. The van der Waals surface area contributed by atoms with Crippen LogP contribution in [0.15, 0.2) is 0 Å². The number of rotatable bonds is 3. The minimum absolute atomic E-state index is 0.161. The summed E-state index contributed by atoms with van der Waals surface area (Å²) >= 11 is 0. The van der Waals surface area contributed by atoms with E-state index in [0.29, 0.717) is 12.6 Å². The highest BCUT2D eigenvalue weighted by Gasteiger charge is 1.96. The minimum atomic E-state index is -0.854. The lowest BCUT2D eigenvalue weighted by molar-refractivity contribution is -0.116. The van der Waals surface area contributed by atoms with Crippen LogP contribution in [-0.2, 0) is 4.79 Å². The number of carbonyl (C=O) groups excluding carboxylic acids is 1. The second kappa shape index (κ2) is 3.99. The van der Waals surface area contributed by atoms with Gasteiger partial charge in [0.05, 0.1) is 0 Å². The molecule has 0 aliphatic rings. The van der Waals surface area contributed by atoms with E-state index in [1.165, 1.54) is 0 Å². The van der Waals surface area contributed by atoms with E-state index in [0.717, 1.165) is 0 Å². The summed E-state index contributed by atoms with van der Waals surface area (Å²) in [5.74, 6) is 0.161. The standard InChI is InChI=1S/C5H11O2P/c1-5(6)3-4-8(2)7/h7H,3-4H2,1-2H3. The van der Waals surface area contributed by atoms with Crippen molar-refractivity contribution in [2.24, 2.45) is 0 Å². The zero-order valence-corrected chi connectivity index (χ0v) is 6.11. The van der Waals surface area contributed by atoms with E-state index in [-0.39, 0.29) is 5.78 Å². The van der Waals surface area contributed by atoms with Gasteiger partial charge in [-0.05, 0) is 19.8 Å². The third kappa shape index (κ3) is 6.06. The van der Waals surface area contributed by atoms with Gasteiger partial charge in [-0.2, -0.15) is 0 Å². The number of hydrogen-bond acceptors (Lipinski definition) is 2. The van der Waals surface area contributed by atoms with Crippen molar-refractivity contribution in [1.82, 2.24) is 0 Å². The molecule has 0 radical (unpaired) electrons. The lowest BCUT2D eigenvalue weighted by Crippen LogP contribution is -1.92. The van der Waals surface area contributed by atoms with Gasteiger partial charge in [-0.15, -0.1) is 0 Å². The Kier molecular flexibility index (Phi) is 4.02. The fourth-order valence-electron chi connectivity index (χ4n) is 0.319. The highest BCUT2D eigenvalue weighted by atomic mass is 31.1. The maximum absolute atomic E-state index is 10.2. The molecule has 0 aliphatic carbocycles. The molecule has 0 heterocycles. The van der Waals surface area contributed by atoms with Gasteiger partial charge < -0.3 is 9.69 Å². The molecule has 0 fully saturated rings. The van der Waals surface area contributed by atoms with Crippen LogP contribution in [0.4, 0.5) is 0 Å². The Morgan fingerprint density at radius 3 is 2.38 bits per heavy atom. The first-order chi connectivity index (χ1) is 3.63. The highest BCUT2D eigenvalue weighted by molar-refractivity contribution is 7.50. The first-order valence-corrected chi connectivity index (χ1v) is 4.45.